The van der Waals surface area contributed by atoms with E-state index in [0.29, 0.717) is 11.2 Å². The fourth-order valence-electron chi connectivity index (χ4n) is 1.66. The van der Waals surface area contributed by atoms with E-state index in [-0.39, 0.29) is 0 Å². The molecule has 0 radical (unpaired) electrons. The predicted molar refractivity (Wildman–Crippen MR) is 58.2 cm³/mol. The first-order valence-corrected chi connectivity index (χ1v) is 5.12. The number of nitrogens with two attached hydrogens (primary N) is 1. The van der Waals surface area contributed by atoms with Crippen molar-refractivity contribution >= 4 is 17.3 Å². The Labute approximate surface area is 84.8 Å². The zero-order chi connectivity index (χ0) is 9.68. The SMILES string of the molecule is CC(CN1CCCC1)NC(=S)NN. The van der Waals surface area contributed by atoms with Crippen LogP contribution in [0.5, 0.6) is 0 Å². The Morgan fingerprint density at radius 3 is 2.69 bits per heavy atom. The van der Waals surface area contributed by atoms with E-state index in [1.165, 1.54) is 25.9 Å². The highest BCUT2D eigenvalue weighted by Gasteiger charge is 2.14. The first kappa shape index (κ1) is 10.7. The van der Waals surface area contributed by atoms with E-state index in [0.717, 1.165) is 6.54 Å². The summed E-state index contributed by atoms with van der Waals surface area (Å²) >= 11 is 4.91. The van der Waals surface area contributed by atoms with Crippen LogP contribution in [0, 0.1) is 0 Å². The largest absolute Gasteiger partial charge is 0.358 e. The summed E-state index contributed by atoms with van der Waals surface area (Å²) < 4.78 is 0. The van der Waals surface area contributed by atoms with E-state index in [1.54, 1.807) is 0 Å². The van der Waals surface area contributed by atoms with Gasteiger partial charge in [-0.25, -0.2) is 5.84 Å². The molecule has 0 aliphatic carbocycles. The van der Waals surface area contributed by atoms with Crippen molar-refractivity contribution in [2.75, 3.05) is 19.6 Å². The van der Waals surface area contributed by atoms with Crippen molar-refractivity contribution in [1.29, 1.82) is 0 Å². The molecule has 0 aromatic carbocycles. The fourth-order valence-corrected chi connectivity index (χ4v) is 1.86. The van der Waals surface area contributed by atoms with Crippen LogP contribution in [0.25, 0.3) is 0 Å². The Morgan fingerprint density at radius 2 is 2.15 bits per heavy atom. The molecule has 1 rings (SSSR count). The maximum absolute atomic E-state index is 5.16. The second kappa shape index (κ2) is 5.36. The number of nitrogens with one attached hydrogen (secondary N) is 2. The molecule has 0 spiro atoms. The lowest BCUT2D eigenvalue weighted by Gasteiger charge is -2.21. The molecule has 1 aliphatic rings. The van der Waals surface area contributed by atoms with Gasteiger partial charge in [0.25, 0.3) is 0 Å². The summed E-state index contributed by atoms with van der Waals surface area (Å²) in [7, 11) is 0. The summed E-state index contributed by atoms with van der Waals surface area (Å²) in [4.78, 5) is 2.44. The lowest BCUT2D eigenvalue weighted by atomic mass is 10.3. The summed E-state index contributed by atoms with van der Waals surface area (Å²) in [5, 5.41) is 3.63. The molecule has 0 bridgehead atoms. The first-order chi connectivity index (χ1) is 6.22. The van der Waals surface area contributed by atoms with Crippen LogP contribution in [0.4, 0.5) is 0 Å². The Hall–Kier alpha value is -0.390. The minimum Gasteiger partial charge on any atom is -0.358 e. The van der Waals surface area contributed by atoms with Gasteiger partial charge in [0.2, 0.25) is 0 Å². The molecule has 0 aromatic rings. The second-order valence-electron chi connectivity index (χ2n) is 3.53. The van der Waals surface area contributed by atoms with Crippen LogP contribution in [0.1, 0.15) is 19.8 Å². The monoisotopic (exact) mass is 202 g/mol. The third-order valence-corrected chi connectivity index (χ3v) is 2.48. The Balaban J connectivity index is 2.16. The number of hydrogen-bond donors (Lipinski definition) is 3. The maximum Gasteiger partial charge on any atom is 0.180 e. The van der Waals surface area contributed by atoms with Gasteiger partial charge in [0.05, 0.1) is 0 Å². The second-order valence-corrected chi connectivity index (χ2v) is 3.93. The molecule has 0 aromatic heterocycles. The van der Waals surface area contributed by atoms with Gasteiger partial charge in [-0.2, -0.15) is 0 Å². The summed E-state index contributed by atoms with van der Waals surface area (Å²) in [6.07, 6.45) is 2.65. The standard InChI is InChI=1S/C8H18N4S/c1-7(10-8(13)11-9)6-12-4-2-3-5-12/h7H,2-6,9H2,1H3,(H2,10,11,13). The third-order valence-electron chi connectivity index (χ3n) is 2.24. The Morgan fingerprint density at radius 1 is 1.54 bits per heavy atom. The van der Waals surface area contributed by atoms with Gasteiger partial charge in [-0.1, -0.05) is 0 Å². The molecule has 1 fully saturated rings. The Kier molecular flexibility index (Phi) is 4.41. The average Bonchev–Trinajstić information content (AvgIpc) is 2.56. The number of thiocarbonyl (C=S) groups is 1. The molecule has 5 heteroatoms. The van der Waals surface area contributed by atoms with Crippen LogP contribution in [0.2, 0.25) is 0 Å². The fraction of sp³-hybridized carbons (Fsp3) is 0.875. The van der Waals surface area contributed by atoms with Crippen molar-refractivity contribution in [2.24, 2.45) is 5.84 Å². The molecular formula is C8H18N4S. The van der Waals surface area contributed by atoms with Gasteiger partial charge in [0.15, 0.2) is 5.11 Å². The molecular weight excluding hydrogens is 184 g/mol. The average molecular weight is 202 g/mol. The number of rotatable bonds is 3. The highest BCUT2D eigenvalue weighted by Crippen LogP contribution is 2.07. The van der Waals surface area contributed by atoms with Gasteiger partial charge in [-0.05, 0) is 45.1 Å². The Bertz CT molecular complexity index is 168. The normalized spacial score (nSPS) is 19.8. The highest BCUT2D eigenvalue weighted by molar-refractivity contribution is 7.80. The maximum atomic E-state index is 5.16. The molecule has 1 unspecified atom stereocenters. The van der Waals surface area contributed by atoms with E-state index in [4.69, 9.17) is 18.1 Å². The van der Waals surface area contributed by atoms with Crippen molar-refractivity contribution in [1.82, 2.24) is 15.6 Å². The summed E-state index contributed by atoms with van der Waals surface area (Å²) in [5.74, 6) is 5.16. The zero-order valence-corrected chi connectivity index (χ0v) is 8.86. The van der Waals surface area contributed by atoms with Crippen molar-refractivity contribution in [3.05, 3.63) is 0 Å². The smallest absolute Gasteiger partial charge is 0.180 e. The van der Waals surface area contributed by atoms with Crippen LogP contribution in [-0.2, 0) is 0 Å². The third kappa shape index (κ3) is 3.89. The predicted octanol–water partition coefficient (Wildman–Crippen LogP) is -0.191. The molecule has 13 heavy (non-hydrogen) atoms. The van der Waals surface area contributed by atoms with Crippen LogP contribution < -0.4 is 16.6 Å². The molecule has 1 aliphatic heterocycles. The van der Waals surface area contributed by atoms with Crippen molar-refractivity contribution in [3.8, 4) is 0 Å². The molecule has 1 heterocycles. The van der Waals surface area contributed by atoms with Crippen LogP contribution >= 0.6 is 12.2 Å². The van der Waals surface area contributed by atoms with Crippen LogP contribution in [0.15, 0.2) is 0 Å². The summed E-state index contributed by atoms with van der Waals surface area (Å²) in [6.45, 7) is 5.59. The van der Waals surface area contributed by atoms with Gasteiger partial charge in [-0.3, -0.25) is 0 Å². The number of likely N-dealkylation sites (tertiary alicyclic amines) is 1. The quantitative estimate of drug-likeness (QED) is 0.336. The van der Waals surface area contributed by atoms with Crippen molar-refractivity contribution < 1.29 is 0 Å². The molecule has 4 nitrogen and oxygen atoms in total. The number of nitrogens with zero attached hydrogens (tertiary/aromatic N) is 1. The van der Waals surface area contributed by atoms with Crippen molar-refractivity contribution in [3.63, 3.8) is 0 Å². The lowest BCUT2D eigenvalue weighted by molar-refractivity contribution is 0.311. The van der Waals surface area contributed by atoms with Crippen LogP contribution in [-0.4, -0.2) is 35.7 Å². The topological polar surface area (TPSA) is 53.3 Å². The van der Waals surface area contributed by atoms with Gasteiger partial charge >= 0.3 is 0 Å². The zero-order valence-electron chi connectivity index (χ0n) is 8.05. The molecule has 76 valence electrons. The minimum atomic E-state index is 0.363. The van der Waals surface area contributed by atoms with E-state index in [1.807, 2.05) is 0 Å². The first-order valence-electron chi connectivity index (χ1n) is 4.72. The molecule has 1 saturated heterocycles. The van der Waals surface area contributed by atoms with E-state index >= 15 is 0 Å². The van der Waals surface area contributed by atoms with Gasteiger partial charge in [0.1, 0.15) is 0 Å². The van der Waals surface area contributed by atoms with Gasteiger partial charge in [-0.15, -0.1) is 0 Å². The van der Waals surface area contributed by atoms with E-state index < -0.39 is 0 Å². The van der Waals surface area contributed by atoms with E-state index in [9.17, 15) is 0 Å². The molecule has 4 N–H and O–H groups in total. The molecule has 1 atom stereocenters. The number of hydrazine groups is 1. The van der Waals surface area contributed by atoms with Crippen molar-refractivity contribution in [2.45, 2.75) is 25.8 Å². The summed E-state index contributed by atoms with van der Waals surface area (Å²) in [5.41, 5.74) is 2.42. The summed E-state index contributed by atoms with van der Waals surface area (Å²) in [6, 6.07) is 0.363. The lowest BCUT2D eigenvalue weighted by Crippen LogP contribution is -2.47. The molecule has 0 amide bonds. The van der Waals surface area contributed by atoms with Gasteiger partial charge < -0.3 is 15.6 Å². The van der Waals surface area contributed by atoms with E-state index in [2.05, 4.69) is 22.6 Å². The molecule has 0 saturated carbocycles. The minimum absolute atomic E-state index is 0.363. The van der Waals surface area contributed by atoms with Crippen LogP contribution in [0.3, 0.4) is 0 Å². The van der Waals surface area contributed by atoms with Gasteiger partial charge in [0, 0.05) is 12.6 Å². The highest BCUT2D eigenvalue weighted by atomic mass is 32.1. The number of hydrogen-bond acceptors (Lipinski definition) is 3.